The lowest BCUT2D eigenvalue weighted by Gasteiger charge is -2.04. The van der Waals surface area contributed by atoms with E-state index in [1.807, 2.05) is 36.4 Å². The summed E-state index contributed by atoms with van der Waals surface area (Å²) >= 11 is 0. The molecule has 0 heterocycles. The Labute approximate surface area is 186 Å². The van der Waals surface area contributed by atoms with E-state index < -0.39 is 11.9 Å². The second kappa shape index (κ2) is 10.7. The predicted octanol–water partition coefficient (Wildman–Crippen LogP) is 5.19. The fourth-order valence-corrected chi connectivity index (χ4v) is 2.99. The summed E-state index contributed by atoms with van der Waals surface area (Å²) in [6, 6.07) is 18.3. The molecule has 5 heteroatoms. The zero-order chi connectivity index (χ0) is 22.9. The fourth-order valence-electron chi connectivity index (χ4n) is 2.99. The third-order valence-electron chi connectivity index (χ3n) is 4.71. The van der Waals surface area contributed by atoms with Gasteiger partial charge in [0.05, 0.1) is 11.8 Å². The third-order valence-corrected chi connectivity index (χ3v) is 4.71. The smallest absolute Gasteiger partial charge is 0.342 e. The van der Waals surface area contributed by atoms with E-state index in [1.54, 1.807) is 30.3 Å². The van der Waals surface area contributed by atoms with Gasteiger partial charge in [0.1, 0.15) is 6.61 Å². The van der Waals surface area contributed by atoms with E-state index in [-0.39, 0.29) is 12.4 Å². The first-order valence-corrected chi connectivity index (χ1v) is 9.92. The summed E-state index contributed by atoms with van der Waals surface area (Å²) in [4.78, 5) is 34.8. The van der Waals surface area contributed by atoms with Crippen molar-refractivity contribution in [3.05, 3.63) is 114 Å². The first-order chi connectivity index (χ1) is 15.5. The molecule has 0 N–H and O–H groups in total. The summed E-state index contributed by atoms with van der Waals surface area (Å²) in [5, 5.41) is 2.04. The molecule has 0 unspecified atom stereocenters. The second-order valence-corrected chi connectivity index (χ2v) is 7.00. The maximum absolute atomic E-state index is 12.2. The van der Waals surface area contributed by atoms with Crippen LogP contribution in [0.25, 0.3) is 16.8 Å². The molecule has 3 aromatic carbocycles. The van der Waals surface area contributed by atoms with Gasteiger partial charge in [-0.25, -0.2) is 9.59 Å². The van der Waals surface area contributed by atoms with Crippen LogP contribution in [0, 0.1) is 0 Å². The number of allylic oxidation sites excluding steroid dienone is 1. The molecule has 0 fully saturated rings. The van der Waals surface area contributed by atoms with Crippen molar-refractivity contribution in [1.82, 2.24) is 0 Å². The van der Waals surface area contributed by atoms with Crippen LogP contribution in [0.15, 0.2) is 92.2 Å². The molecule has 0 aliphatic carbocycles. The number of esters is 2. The molecule has 3 rings (SSSR count). The molecule has 0 bridgehead atoms. The average Bonchev–Trinajstić information content (AvgIpc) is 2.82. The van der Waals surface area contributed by atoms with Crippen LogP contribution in [0.5, 0.6) is 0 Å². The highest BCUT2D eigenvalue weighted by atomic mass is 16.5. The van der Waals surface area contributed by atoms with Crippen molar-refractivity contribution in [2.45, 2.75) is 13.0 Å². The first-order valence-electron chi connectivity index (χ1n) is 9.92. The zero-order valence-corrected chi connectivity index (χ0v) is 17.5. The molecular formula is C27H22O5. The highest BCUT2D eigenvalue weighted by Crippen LogP contribution is 2.19. The molecule has 0 saturated heterocycles. The van der Waals surface area contributed by atoms with Gasteiger partial charge in [0, 0.05) is 12.5 Å². The molecule has 0 aliphatic rings. The van der Waals surface area contributed by atoms with Crippen molar-refractivity contribution in [3.8, 4) is 0 Å². The molecule has 0 saturated carbocycles. The molecule has 3 aromatic rings. The van der Waals surface area contributed by atoms with Gasteiger partial charge in [-0.2, -0.15) is 0 Å². The minimum atomic E-state index is -0.504. The van der Waals surface area contributed by atoms with E-state index in [2.05, 4.69) is 13.2 Å². The number of carbonyl (C=O) groups excluding carboxylic acids is 3. The SMILES string of the molecule is C=CC(=O)Cc1ccc2cc(/C=C/OC(=O)c3ccc(COC(=O)C=C)cc3)ccc2c1. The van der Waals surface area contributed by atoms with Crippen LogP contribution in [0.3, 0.4) is 0 Å². The first kappa shape index (κ1) is 22.4. The summed E-state index contributed by atoms with van der Waals surface area (Å²) in [6.07, 6.45) is 5.81. The molecular weight excluding hydrogens is 404 g/mol. The molecule has 0 spiro atoms. The maximum Gasteiger partial charge on any atom is 0.342 e. The van der Waals surface area contributed by atoms with E-state index in [0.29, 0.717) is 12.0 Å². The van der Waals surface area contributed by atoms with Crippen LogP contribution in [-0.4, -0.2) is 17.7 Å². The molecule has 0 radical (unpaired) electrons. The number of carbonyl (C=O) groups is 3. The highest BCUT2D eigenvalue weighted by molar-refractivity contribution is 5.92. The lowest BCUT2D eigenvalue weighted by molar-refractivity contribution is -0.139. The Morgan fingerprint density at radius 1 is 0.812 bits per heavy atom. The van der Waals surface area contributed by atoms with Crippen molar-refractivity contribution in [2.24, 2.45) is 0 Å². The van der Waals surface area contributed by atoms with Gasteiger partial charge in [-0.3, -0.25) is 4.79 Å². The minimum absolute atomic E-state index is 0.0171. The van der Waals surface area contributed by atoms with Crippen molar-refractivity contribution in [3.63, 3.8) is 0 Å². The van der Waals surface area contributed by atoms with Crippen molar-refractivity contribution in [2.75, 3.05) is 0 Å². The summed E-state index contributed by atoms with van der Waals surface area (Å²) in [7, 11) is 0. The standard InChI is InChI=1S/C27H22O5/c1-3-25(28)17-21-8-12-23-15-19(5-11-24(23)16-21)13-14-31-27(30)22-9-6-20(7-10-22)18-32-26(29)4-2/h3-16H,1-2,17-18H2/b14-13+. The van der Waals surface area contributed by atoms with Crippen LogP contribution in [-0.2, 0) is 32.1 Å². The summed E-state index contributed by atoms with van der Waals surface area (Å²) in [5.41, 5.74) is 2.94. The fraction of sp³-hybridized carbons (Fsp3) is 0.0741. The van der Waals surface area contributed by atoms with Crippen molar-refractivity contribution < 1.29 is 23.9 Å². The number of ether oxygens (including phenoxy) is 2. The lowest BCUT2D eigenvalue weighted by atomic mass is 10.0. The topological polar surface area (TPSA) is 69.7 Å². The Balaban J connectivity index is 1.59. The number of ketones is 1. The van der Waals surface area contributed by atoms with E-state index in [4.69, 9.17) is 9.47 Å². The van der Waals surface area contributed by atoms with Crippen LogP contribution in [0.2, 0.25) is 0 Å². The Hall–Kier alpha value is -4.25. The number of hydrogen-bond donors (Lipinski definition) is 0. The van der Waals surface area contributed by atoms with Gasteiger partial charge in [0.15, 0.2) is 5.78 Å². The largest absolute Gasteiger partial charge is 0.458 e. The Morgan fingerprint density at radius 3 is 2.22 bits per heavy atom. The van der Waals surface area contributed by atoms with Crippen molar-refractivity contribution >= 4 is 34.6 Å². The van der Waals surface area contributed by atoms with E-state index in [9.17, 15) is 14.4 Å². The molecule has 0 aromatic heterocycles. The van der Waals surface area contributed by atoms with Crippen LogP contribution >= 0.6 is 0 Å². The second-order valence-electron chi connectivity index (χ2n) is 7.00. The highest BCUT2D eigenvalue weighted by Gasteiger charge is 2.06. The summed E-state index contributed by atoms with van der Waals surface area (Å²) < 4.78 is 10.2. The number of fused-ring (bicyclic) bond motifs is 1. The van der Waals surface area contributed by atoms with Gasteiger partial charge in [-0.1, -0.05) is 55.6 Å². The number of hydrogen-bond acceptors (Lipinski definition) is 5. The molecule has 0 atom stereocenters. The molecule has 160 valence electrons. The van der Waals surface area contributed by atoms with Gasteiger partial charge in [0.25, 0.3) is 0 Å². The average molecular weight is 426 g/mol. The molecule has 32 heavy (non-hydrogen) atoms. The molecule has 5 nitrogen and oxygen atoms in total. The summed E-state index contributed by atoms with van der Waals surface area (Å²) in [5.74, 6) is -1.01. The Morgan fingerprint density at radius 2 is 1.50 bits per heavy atom. The number of benzene rings is 3. The van der Waals surface area contributed by atoms with Gasteiger partial charge < -0.3 is 9.47 Å². The zero-order valence-electron chi connectivity index (χ0n) is 17.5. The third kappa shape index (κ3) is 6.12. The van der Waals surface area contributed by atoms with Gasteiger partial charge in [-0.15, -0.1) is 0 Å². The monoisotopic (exact) mass is 426 g/mol. The lowest BCUT2D eigenvalue weighted by Crippen LogP contribution is -2.02. The van der Waals surface area contributed by atoms with E-state index in [0.717, 1.165) is 33.5 Å². The van der Waals surface area contributed by atoms with Crippen LogP contribution < -0.4 is 0 Å². The molecule has 0 amide bonds. The Kier molecular flexibility index (Phi) is 7.49. The number of rotatable bonds is 9. The van der Waals surface area contributed by atoms with E-state index >= 15 is 0 Å². The van der Waals surface area contributed by atoms with Crippen LogP contribution in [0.4, 0.5) is 0 Å². The van der Waals surface area contributed by atoms with Gasteiger partial charge >= 0.3 is 11.9 Å². The quantitative estimate of drug-likeness (QED) is 0.267. The molecule has 0 aliphatic heterocycles. The van der Waals surface area contributed by atoms with Gasteiger partial charge in [0.2, 0.25) is 0 Å². The van der Waals surface area contributed by atoms with Gasteiger partial charge in [-0.05, 0) is 57.8 Å². The Bertz CT molecular complexity index is 1200. The normalized spacial score (nSPS) is 10.6. The minimum Gasteiger partial charge on any atom is -0.458 e. The maximum atomic E-state index is 12.2. The summed E-state index contributed by atoms with van der Waals surface area (Å²) in [6.45, 7) is 6.94. The van der Waals surface area contributed by atoms with Crippen LogP contribution in [0.1, 0.15) is 27.0 Å². The predicted molar refractivity (Wildman–Crippen MR) is 124 cm³/mol. The van der Waals surface area contributed by atoms with E-state index in [1.165, 1.54) is 12.3 Å². The van der Waals surface area contributed by atoms with Crippen molar-refractivity contribution in [1.29, 1.82) is 0 Å².